The van der Waals surface area contributed by atoms with E-state index in [-0.39, 0.29) is 0 Å². The van der Waals surface area contributed by atoms with E-state index in [1.54, 1.807) is 42.3 Å². The highest BCUT2D eigenvalue weighted by atomic mass is 35.5. The van der Waals surface area contributed by atoms with Gasteiger partial charge in [-0.3, -0.25) is 9.67 Å². The maximum Gasteiger partial charge on any atom is 0.164 e. The number of aliphatic hydroxyl groups is 3. The highest BCUT2D eigenvalue weighted by Gasteiger charge is 2.48. The zero-order valence-electron chi connectivity index (χ0n) is 16.8. The largest absolute Gasteiger partial charge is 0.394 e. The van der Waals surface area contributed by atoms with Crippen molar-refractivity contribution in [2.24, 2.45) is 0 Å². The van der Waals surface area contributed by atoms with Gasteiger partial charge in [0.05, 0.1) is 23.0 Å². The van der Waals surface area contributed by atoms with Gasteiger partial charge in [0.1, 0.15) is 36.3 Å². The van der Waals surface area contributed by atoms with E-state index in [1.165, 1.54) is 4.68 Å². The van der Waals surface area contributed by atoms with Gasteiger partial charge in [0.2, 0.25) is 0 Å². The Bertz CT molecular complexity index is 1070. The maximum absolute atomic E-state index is 11.2. The van der Waals surface area contributed by atoms with Crippen LogP contribution in [0, 0.1) is 6.92 Å². The highest BCUT2D eigenvalue weighted by Crippen LogP contribution is 2.43. The number of hydrogen-bond donors (Lipinski definition) is 3. The third-order valence-corrected chi connectivity index (χ3v) is 5.98. The van der Waals surface area contributed by atoms with Crippen molar-refractivity contribution < 1.29 is 20.1 Å². The van der Waals surface area contributed by atoms with E-state index in [1.807, 2.05) is 0 Å². The molecular weight excluding hydrogens is 424 g/mol. The van der Waals surface area contributed by atoms with Crippen molar-refractivity contribution >= 4 is 11.6 Å². The first kappa shape index (κ1) is 20.5. The van der Waals surface area contributed by atoms with Gasteiger partial charge >= 0.3 is 0 Å². The predicted molar refractivity (Wildman–Crippen MR) is 109 cm³/mol. The summed E-state index contributed by atoms with van der Waals surface area (Å²) in [6.07, 6.45) is 2.62. The van der Waals surface area contributed by atoms with Gasteiger partial charge in [0, 0.05) is 24.5 Å². The van der Waals surface area contributed by atoms with Crippen LogP contribution in [0.25, 0.3) is 5.69 Å². The van der Waals surface area contributed by atoms with Crippen molar-refractivity contribution in [3.63, 3.8) is 0 Å². The first-order chi connectivity index (χ1) is 15.0. The highest BCUT2D eigenvalue weighted by molar-refractivity contribution is 6.30. The molecule has 0 aromatic carbocycles. The molecule has 1 aliphatic carbocycles. The first-order valence-electron chi connectivity index (χ1n) is 10.2. The number of hydrogen-bond acceptors (Lipinski definition) is 8. The lowest BCUT2D eigenvalue weighted by Crippen LogP contribution is -2.53. The molecule has 2 unspecified atom stereocenters. The molecule has 31 heavy (non-hydrogen) atoms. The van der Waals surface area contributed by atoms with Gasteiger partial charge in [-0.1, -0.05) is 11.6 Å². The number of halogens is 1. The summed E-state index contributed by atoms with van der Waals surface area (Å²) in [5.74, 6) is 1.15. The predicted octanol–water partition coefficient (Wildman–Crippen LogP) is 1.09. The van der Waals surface area contributed by atoms with Crippen LogP contribution in [0.2, 0.25) is 5.02 Å². The summed E-state index contributed by atoms with van der Waals surface area (Å²) in [6.45, 7) is 1.31. The summed E-state index contributed by atoms with van der Waals surface area (Å²) in [5, 5.41) is 40.9. The fourth-order valence-electron chi connectivity index (χ4n) is 4.16. The summed E-state index contributed by atoms with van der Waals surface area (Å²) in [4.78, 5) is 9.04. The van der Waals surface area contributed by atoms with Gasteiger partial charge in [-0.05, 0) is 31.9 Å². The zero-order valence-corrected chi connectivity index (χ0v) is 17.5. The number of aryl methyl sites for hydroxylation is 1. The number of pyridine rings is 1. The molecule has 3 aromatic heterocycles. The Hall–Kier alpha value is -2.37. The third kappa shape index (κ3) is 3.64. The minimum atomic E-state index is -1.20. The Kier molecular flexibility index (Phi) is 5.27. The second-order valence-corrected chi connectivity index (χ2v) is 8.43. The van der Waals surface area contributed by atoms with Crippen LogP contribution in [0.5, 0.6) is 0 Å². The minimum Gasteiger partial charge on any atom is -0.394 e. The Morgan fingerprint density at radius 3 is 2.74 bits per heavy atom. The summed E-state index contributed by atoms with van der Waals surface area (Å²) < 4.78 is 9.00. The summed E-state index contributed by atoms with van der Waals surface area (Å²) in [7, 11) is 0. The second kappa shape index (κ2) is 7.95. The molecule has 0 spiro atoms. The molecule has 2 fully saturated rings. The number of aliphatic hydroxyl groups excluding tert-OH is 3. The van der Waals surface area contributed by atoms with Crippen LogP contribution in [0.3, 0.4) is 0 Å². The van der Waals surface area contributed by atoms with Crippen molar-refractivity contribution in [2.75, 3.05) is 6.61 Å². The van der Waals surface area contributed by atoms with Crippen LogP contribution in [0.1, 0.15) is 48.2 Å². The molecule has 5 rings (SSSR count). The summed E-state index contributed by atoms with van der Waals surface area (Å²) >= 11 is 6.24. The summed E-state index contributed by atoms with van der Waals surface area (Å²) in [6, 6.07) is 2.64. The average molecular weight is 447 g/mol. The zero-order chi connectivity index (χ0) is 21.7. The van der Waals surface area contributed by atoms with Crippen LogP contribution >= 0.6 is 11.6 Å². The van der Waals surface area contributed by atoms with Gasteiger partial charge < -0.3 is 20.1 Å². The van der Waals surface area contributed by atoms with E-state index in [2.05, 4.69) is 20.2 Å². The van der Waals surface area contributed by atoms with Gasteiger partial charge in [-0.2, -0.15) is 10.2 Å². The van der Waals surface area contributed by atoms with E-state index in [0.29, 0.717) is 28.3 Å². The monoisotopic (exact) mass is 446 g/mol. The lowest BCUT2D eigenvalue weighted by Gasteiger charge is -2.41. The van der Waals surface area contributed by atoms with E-state index in [9.17, 15) is 15.3 Å². The van der Waals surface area contributed by atoms with Gasteiger partial charge in [-0.25, -0.2) is 9.67 Å². The van der Waals surface area contributed by atoms with Crippen molar-refractivity contribution in [1.82, 2.24) is 29.5 Å². The molecular formula is C20H23ClN6O4. The molecule has 3 N–H and O–H groups in total. The standard InChI is InChI=1S/C20H23ClN6O4/c1-10-24-20(27(25-10)13-7-12(21)8-22-15(13)11-3-4-11)19-18(30)16(26-6-2-5-23-26)17(29)14(9-28)31-19/h2,5-8,11,14,16-19,28-30H,3-4,9H2,1H3/t14?,16-,17-,18?,19+/m0/s1. The van der Waals surface area contributed by atoms with Crippen molar-refractivity contribution in [3.8, 4) is 5.69 Å². The molecule has 164 valence electrons. The molecule has 0 radical (unpaired) electrons. The second-order valence-electron chi connectivity index (χ2n) is 8.00. The normalized spacial score (nSPS) is 28.7. The van der Waals surface area contributed by atoms with Crippen LogP contribution in [0.4, 0.5) is 0 Å². The number of nitrogens with zero attached hydrogens (tertiary/aromatic N) is 6. The molecule has 0 amide bonds. The quantitative estimate of drug-likeness (QED) is 0.530. The lowest BCUT2D eigenvalue weighted by molar-refractivity contribution is -0.210. The van der Waals surface area contributed by atoms with E-state index < -0.39 is 37.1 Å². The van der Waals surface area contributed by atoms with Gasteiger partial charge in [-0.15, -0.1) is 0 Å². The molecule has 1 saturated carbocycles. The van der Waals surface area contributed by atoms with E-state index in [4.69, 9.17) is 16.3 Å². The molecule has 2 aliphatic rings. The van der Waals surface area contributed by atoms with Crippen molar-refractivity contribution in [1.29, 1.82) is 0 Å². The molecule has 0 bridgehead atoms. The molecule has 1 aliphatic heterocycles. The first-order valence-corrected chi connectivity index (χ1v) is 10.6. The molecule has 10 nitrogen and oxygen atoms in total. The van der Waals surface area contributed by atoms with Gasteiger partial charge in [0.25, 0.3) is 0 Å². The SMILES string of the molecule is Cc1nc([C@@H]2OC(CO)[C@H](O)[C@H](n3cccn3)C2O)n(-c2cc(Cl)cnc2C2CC2)n1. The Balaban J connectivity index is 1.60. The van der Waals surface area contributed by atoms with E-state index >= 15 is 0 Å². The average Bonchev–Trinajstić information content (AvgIpc) is 3.31. The summed E-state index contributed by atoms with van der Waals surface area (Å²) in [5.41, 5.74) is 1.55. The van der Waals surface area contributed by atoms with E-state index in [0.717, 1.165) is 18.5 Å². The Labute approximate surface area is 183 Å². The fourth-order valence-corrected chi connectivity index (χ4v) is 4.31. The number of aromatic nitrogens is 6. The topological polar surface area (TPSA) is 131 Å². The lowest BCUT2D eigenvalue weighted by atomic mass is 9.92. The minimum absolute atomic E-state index is 0.325. The van der Waals surface area contributed by atoms with Crippen LogP contribution in [-0.2, 0) is 4.74 Å². The molecule has 4 heterocycles. The number of ether oxygens (including phenoxy) is 1. The Morgan fingerprint density at radius 1 is 1.26 bits per heavy atom. The molecule has 5 atom stereocenters. The van der Waals surface area contributed by atoms with Crippen LogP contribution in [0.15, 0.2) is 30.7 Å². The molecule has 11 heteroatoms. The maximum atomic E-state index is 11.2. The van der Waals surface area contributed by atoms with Gasteiger partial charge in [0.15, 0.2) is 5.82 Å². The molecule has 1 saturated heterocycles. The van der Waals surface area contributed by atoms with Crippen LogP contribution in [-0.4, -0.2) is 69.8 Å². The molecule has 3 aromatic rings. The number of rotatable bonds is 5. The Morgan fingerprint density at radius 2 is 2.06 bits per heavy atom. The van der Waals surface area contributed by atoms with Crippen molar-refractivity contribution in [3.05, 3.63) is 53.1 Å². The third-order valence-electron chi connectivity index (χ3n) is 5.77. The van der Waals surface area contributed by atoms with Crippen molar-refractivity contribution in [2.45, 2.75) is 56.1 Å². The fraction of sp³-hybridized carbons (Fsp3) is 0.500. The smallest absolute Gasteiger partial charge is 0.164 e. The van der Waals surface area contributed by atoms with Crippen LogP contribution < -0.4 is 0 Å².